The van der Waals surface area contributed by atoms with Crippen molar-refractivity contribution in [3.05, 3.63) is 35.4 Å². The fourth-order valence-corrected chi connectivity index (χ4v) is 1.36. The first-order chi connectivity index (χ1) is 6.42. The lowest BCUT2D eigenvalue weighted by atomic mass is 9.93. The Bertz CT molecular complexity index is 345. The van der Waals surface area contributed by atoms with Crippen molar-refractivity contribution in [2.45, 2.75) is 25.9 Å². The first kappa shape index (κ1) is 10.7. The minimum absolute atomic E-state index is 0.417. The third-order valence-corrected chi connectivity index (χ3v) is 2.10. The quantitative estimate of drug-likeness (QED) is 0.806. The molecule has 2 nitrogen and oxygen atoms in total. The molecule has 0 bridgehead atoms. The number of halogens is 1. The van der Waals surface area contributed by atoms with E-state index in [-0.39, 0.29) is 0 Å². The van der Waals surface area contributed by atoms with Crippen LogP contribution in [-0.2, 0) is 10.5 Å². The number of carboxylic acids is 1. The van der Waals surface area contributed by atoms with Crippen LogP contribution in [0.5, 0.6) is 0 Å². The summed E-state index contributed by atoms with van der Waals surface area (Å²) in [5.41, 5.74) is -0.450. The molecule has 1 unspecified atom stereocenters. The summed E-state index contributed by atoms with van der Waals surface area (Å²) in [5, 5.41) is 8.54. The molecule has 0 saturated heterocycles. The maximum Gasteiger partial charge on any atom is 0.306 e. The summed E-state index contributed by atoms with van der Waals surface area (Å²) in [6.07, 6.45) is -0.504. The van der Waals surface area contributed by atoms with E-state index in [1.54, 1.807) is 18.2 Å². The van der Waals surface area contributed by atoms with Crippen LogP contribution in [-0.4, -0.2) is 11.1 Å². The molecule has 0 heterocycles. The summed E-state index contributed by atoms with van der Waals surface area (Å²) in [6.45, 7) is 3.14. The normalized spacial score (nSPS) is 14.8. The topological polar surface area (TPSA) is 37.3 Å². The third kappa shape index (κ3) is 2.55. The van der Waals surface area contributed by atoms with Gasteiger partial charge in [0.25, 0.3) is 0 Å². The van der Waals surface area contributed by atoms with E-state index in [0.29, 0.717) is 5.56 Å². The Kier molecular flexibility index (Phi) is 2.89. The molecular formula is C11H13FO2. The van der Waals surface area contributed by atoms with Crippen molar-refractivity contribution in [2.24, 2.45) is 0 Å². The van der Waals surface area contributed by atoms with Crippen LogP contribution >= 0.6 is 0 Å². The molecule has 0 aliphatic heterocycles. The minimum Gasteiger partial charge on any atom is -0.481 e. The lowest BCUT2D eigenvalue weighted by molar-refractivity contribution is -0.140. The van der Waals surface area contributed by atoms with Gasteiger partial charge in [0.1, 0.15) is 5.67 Å². The maximum atomic E-state index is 13.9. The second kappa shape index (κ2) is 3.78. The van der Waals surface area contributed by atoms with Crippen LogP contribution in [0.4, 0.5) is 4.39 Å². The highest BCUT2D eigenvalue weighted by Crippen LogP contribution is 2.29. The Morgan fingerprint density at radius 2 is 2.21 bits per heavy atom. The number of carbonyl (C=O) groups is 1. The molecule has 0 amide bonds. The SMILES string of the molecule is Cc1cccc(C(C)(F)CC(=O)O)c1. The Morgan fingerprint density at radius 3 is 2.71 bits per heavy atom. The van der Waals surface area contributed by atoms with Gasteiger partial charge in [0.2, 0.25) is 0 Å². The van der Waals surface area contributed by atoms with Gasteiger partial charge in [-0.3, -0.25) is 4.79 Å². The number of alkyl halides is 1. The zero-order valence-corrected chi connectivity index (χ0v) is 8.25. The van der Waals surface area contributed by atoms with Crippen LogP contribution in [0.2, 0.25) is 0 Å². The Labute approximate surface area is 82.4 Å². The van der Waals surface area contributed by atoms with Crippen molar-refractivity contribution in [1.29, 1.82) is 0 Å². The van der Waals surface area contributed by atoms with Gasteiger partial charge >= 0.3 is 5.97 Å². The molecule has 1 aromatic carbocycles. The average Bonchev–Trinajstić information content (AvgIpc) is 2.01. The van der Waals surface area contributed by atoms with E-state index in [2.05, 4.69) is 0 Å². The number of carboxylic acid groups (broad SMARTS) is 1. The van der Waals surface area contributed by atoms with Gasteiger partial charge in [-0.1, -0.05) is 29.8 Å². The van der Waals surface area contributed by atoms with E-state index in [9.17, 15) is 9.18 Å². The summed E-state index contributed by atoms with van der Waals surface area (Å²) >= 11 is 0. The average molecular weight is 196 g/mol. The molecule has 1 rings (SSSR count). The number of aliphatic carboxylic acids is 1. The first-order valence-electron chi connectivity index (χ1n) is 4.40. The monoisotopic (exact) mass is 196 g/mol. The summed E-state index contributed by atoms with van der Waals surface area (Å²) in [6, 6.07) is 6.85. The van der Waals surface area contributed by atoms with Crippen molar-refractivity contribution in [3.8, 4) is 0 Å². The zero-order chi connectivity index (χ0) is 10.8. The van der Waals surface area contributed by atoms with Crippen molar-refractivity contribution in [3.63, 3.8) is 0 Å². The van der Waals surface area contributed by atoms with Gasteiger partial charge in [0, 0.05) is 0 Å². The molecule has 0 aliphatic carbocycles. The molecule has 0 saturated carbocycles. The fourth-order valence-electron chi connectivity index (χ4n) is 1.36. The zero-order valence-electron chi connectivity index (χ0n) is 8.25. The molecule has 0 aliphatic rings. The van der Waals surface area contributed by atoms with E-state index in [4.69, 9.17) is 5.11 Å². The van der Waals surface area contributed by atoms with E-state index in [1.165, 1.54) is 6.92 Å². The van der Waals surface area contributed by atoms with Gasteiger partial charge in [0.05, 0.1) is 6.42 Å². The molecule has 1 aromatic rings. The number of benzene rings is 1. The summed E-state index contributed by atoms with van der Waals surface area (Å²) < 4.78 is 13.9. The molecular weight excluding hydrogens is 183 g/mol. The van der Waals surface area contributed by atoms with E-state index < -0.39 is 18.1 Å². The van der Waals surface area contributed by atoms with Crippen molar-refractivity contribution < 1.29 is 14.3 Å². The summed E-state index contributed by atoms with van der Waals surface area (Å²) in [5.74, 6) is -1.13. The van der Waals surface area contributed by atoms with Crippen molar-refractivity contribution >= 4 is 5.97 Å². The molecule has 0 aromatic heterocycles. The first-order valence-corrected chi connectivity index (χ1v) is 4.40. The van der Waals surface area contributed by atoms with Crippen molar-refractivity contribution in [1.82, 2.24) is 0 Å². The number of hydrogen-bond donors (Lipinski definition) is 1. The lowest BCUT2D eigenvalue weighted by Gasteiger charge is -2.18. The predicted molar refractivity (Wildman–Crippen MR) is 51.9 cm³/mol. The van der Waals surface area contributed by atoms with Gasteiger partial charge in [-0.05, 0) is 19.4 Å². The van der Waals surface area contributed by atoms with E-state index in [1.807, 2.05) is 13.0 Å². The van der Waals surface area contributed by atoms with Crippen LogP contribution < -0.4 is 0 Å². The molecule has 0 fully saturated rings. The molecule has 0 radical (unpaired) electrons. The second-order valence-corrected chi connectivity index (χ2v) is 3.64. The van der Waals surface area contributed by atoms with Crippen LogP contribution in [0.3, 0.4) is 0 Å². The minimum atomic E-state index is -1.79. The smallest absolute Gasteiger partial charge is 0.306 e. The Morgan fingerprint density at radius 1 is 1.57 bits per heavy atom. The van der Waals surface area contributed by atoms with Crippen LogP contribution in [0.1, 0.15) is 24.5 Å². The highest BCUT2D eigenvalue weighted by Gasteiger charge is 2.28. The summed E-state index contributed by atoms with van der Waals surface area (Å²) in [7, 11) is 0. The highest BCUT2D eigenvalue weighted by molar-refractivity contribution is 5.68. The number of hydrogen-bond acceptors (Lipinski definition) is 1. The fraction of sp³-hybridized carbons (Fsp3) is 0.364. The molecule has 76 valence electrons. The Hall–Kier alpha value is -1.38. The molecule has 3 heteroatoms. The van der Waals surface area contributed by atoms with Gasteiger partial charge < -0.3 is 5.11 Å². The predicted octanol–water partition coefficient (Wildman–Crippen LogP) is 2.65. The van der Waals surface area contributed by atoms with Crippen LogP contribution in [0.15, 0.2) is 24.3 Å². The van der Waals surface area contributed by atoms with E-state index >= 15 is 0 Å². The van der Waals surface area contributed by atoms with Gasteiger partial charge in [-0.25, -0.2) is 4.39 Å². The second-order valence-electron chi connectivity index (χ2n) is 3.64. The maximum absolute atomic E-state index is 13.9. The third-order valence-electron chi connectivity index (χ3n) is 2.10. The number of rotatable bonds is 3. The Balaban J connectivity index is 2.97. The molecule has 0 spiro atoms. The lowest BCUT2D eigenvalue weighted by Crippen LogP contribution is -2.20. The van der Waals surface area contributed by atoms with Crippen LogP contribution in [0, 0.1) is 6.92 Å². The summed E-state index contributed by atoms with van der Waals surface area (Å²) in [4.78, 5) is 10.4. The van der Waals surface area contributed by atoms with Crippen LogP contribution in [0.25, 0.3) is 0 Å². The highest BCUT2D eigenvalue weighted by atomic mass is 19.1. The standard InChI is InChI=1S/C11H13FO2/c1-8-4-3-5-9(6-8)11(2,12)7-10(13)14/h3-6H,7H2,1-2H3,(H,13,14). The largest absolute Gasteiger partial charge is 0.481 e. The molecule has 14 heavy (non-hydrogen) atoms. The van der Waals surface area contributed by atoms with Gasteiger partial charge in [0.15, 0.2) is 0 Å². The van der Waals surface area contributed by atoms with Gasteiger partial charge in [-0.15, -0.1) is 0 Å². The molecule has 1 N–H and O–H groups in total. The van der Waals surface area contributed by atoms with E-state index in [0.717, 1.165) is 5.56 Å². The van der Waals surface area contributed by atoms with Gasteiger partial charge in [-0.2, -0.15) is 0 Å². The van der Waals surface area contributed by atoms with Crippen molar-refractivity contribution in [2.75, 3.05) is 0 Å². The number of aryl methyl sites for hydroxylation is 1. The molecule has 1 atom stereocenters.